The lowest BCUT2D eigenvalue weighted by molar-refractivity contribution is 0.300. The SMILES string of the molecule is CCCOc1cc([C@H](C)NS(=O)(=O)CCCCCN)ccc1F. The maximum atomic E-state index is 13.7. The van der Waals surface area contributed by atoms with Gasteiger partial charge < -0.3 is 10.5 Å². The highest BCUT2D eigenvalue weighted by molar-refractivity contribution is 7.89. The number of sulfonamides is 1. The molecule has 0 aliphatic carbocycles. The van der Waals surface area contributed by atoms with E-state index in [-0.39, 0.29) is 11.5 Å². The summed E-state index contributed by atoms with van der Waals surface area (Å²) in [6.45, 7) is 4.65. The van der Waals surface area contributed by atoms with Crippen molar-refractivity contribution in [1.82, 2.24) is 4.72 Å². The monoisotopic (exact) mass is 346 g/mol. The number of nitrogens with two attached hydrogens (primary N) is 1. The van der Waals surface area contributed by atoms with Gasteiger partial charge in [0.15, 0.2) is 11.6 Å². The van der Waals surface area contributed by atoms with Gasteiger partial charge in [0.05, 0.1) is 12.4 Å². The summed E-state index contributed by atoms with van der Waals surface area (Å²) < 4.78 is 45.7. The summed E-state index contributed by atoms with van der Waals surface area (Å²) in [7, 11) is -3.37. The molecule has 1 aromatic rings. The van der Waals surface area contributed by atoms with Crippen molar-refractivity contribution in [3.05, 3.63) is 29.6 Å². The number of hydrogen-bond acceptors (Lipinski definition) is 4. The molecule has 132 valence electrons. The number of unbranched alkanes of at least 4 members (excludes halogenated alkanes) is 2. The first-order valence-electron chi connectivity index (χ1n) is 8.02. The van der Waals surface area contributed by atoms with Crippen LogP contribution in [0.5, 0.6) is 5.75 Å². The largest absolute Gasteiger partial charge is 0.491 e. The minimum absolute atomic E-state index is 0.0672. The van der Waals surface area contributed by atoms with Gasteiger partial charge in [-0.25, -0.2) is 17.5 Å². The number of benzene rings is 1. The molecule has 0 saturated heterocycles. The summed E-state index contributed by atoms with van der Waals surface area (Å²) in [6.07, 6.45) is 2.96. The van der Waals surface area contributed by atoms with E-state index in [1.165, 1.54) is 6.07 Å². The second-order valence-electron chi connectivity index (χ2n) is 5.55. The fourth-order valence-electron chi connectivity index (χ4n) is 2.12. The lowest BCUT2D eigenvalue weighted by Crippen LogP contribution is -2.29. The molecule has 3 N–H and O–H groups in total. The predicted molar refractivity (Wildman–Crippen MR) is 90.4 cm³/mol. The van der Waals surface area contributed by atoms with Crippen molar-refractivity contribution >= 4 is 10.0 Å². The van der Waals surface area contributed by atoms with Crippen LogP contribution in [0.4, 0.5) is 4.39 Å². The molecule has 1 rings (SSSR count). The summed E-state index contributed by atoms with van der Waals surface area (Å²) in [6, 6.07) is 3.97. The van der Waals surface area contributed by atoms with Gasteiger partial charge in [-0.05, 0) is 50.4 Å². The van der Waals surface area contributed by atoms with E-state index < -0.39 is 21.9 Å². The molecule has 0 aliphatic heterocycles. The number of ether oxygens (including phenoxy) is 1. The number of nitrogens with one attached hydrogen (secondary N) is 1. The van der Waals surface area contributed by atoms with E-state index in [0.29, 0.717) is 25.1 Å². The molecule has 23 heavy (non-hydrogen) atoms. The van der Waals surface area contributed by atoms with Crippen LogP contribution in [-0.4, -0.2) is 27.3 Å². The molecule has 0 bridgehead atoms. The number of rotatable bonds is 11. The van der Waals surface area contributed by atoms with Crippen molar-refractivity contribution in [3.63, 3.8) is 0 Å². The molecule has 0 spiro atoms. The molecular formula is C16H27FN2O3S. The molecule has 1 aromatic carbocycles. The van der Waals surface area contributed by atoms with Gasteiger partial charge in [0.2, 0.25) is 10.0 Å². The highest BCUT2D eigenvalue weighted by Gasteiger charge is 2.17. The second kappa shape index (κ2) is 9.85. The minimum Gasteiger partial charge on any atom is -0.491 e. The molecular weight excluding hydrogens is 319 g/mol. The van der Waals surface area contributed by atoms with Gasteiger partial charge in [-0.2, -0.15) is 0 Å². The van der Waals surface area contributed by atoms with Crippen molar-refractivity contribution in [2.75, 3.05) is 18.9 Å². The van der Waals surface area contributed by atoms with Crippen LogP contribution in [-0.2, 0) is 10.0 Å². The molecule has 0 fully saturated rings. The predicted octanol–water partition coefficient (Wildman–Crippen LogP) is 2.72. The Morgan fingerprint density at radius 3 is 2.70 bits per heavy atom. The molecule has 0 unspecified atom stereocenters. The Morgan fingerprint density at radius 1 is 1.30 bits per heavy atom. The molecule has 0 aliphatic rings. The normalized spacial score (nSPS) is 13.0. The van der Waals surface area contributed by atoms with Crippen molar-refractivity contribution in [3.8, 4) is 5.75 Å². The van der Waals surface area contributed by atoms with Crippen LogP contribution in [0.2, 0.25) is 0 Å². The summed E-state index contributed by atoms with van der Waals surface area (Å²) in [4.78, 5) is 0. The molecule has 0 heterocycles. The van der Waals surface area contributed by atoms with E-state index in [0.717, 1.165) is 19.3 Å². The van der Waals surface area contributed by atoms with E-state index in [4.69, 9.17) is 10.5 Å². The van der Waals surface area contributed by atoms with Crippen LogP contribution in [0.1, 0.15) is 51.1 Å². The fourth-order valence-corrected chi connectivity index (χ4v) is 3.50. The van der Waals surface area contributed by atoms with Crippen molar-refractivity contribution < 1.29 is 17.5 Å². The van der Waals surface area contributed by atoms with Gasteiger partial charge in [-0.1, -0.05) is 19.4 Å². The summed E-state index contributed by atoms with van der Waals surface area (Å²) in [5.74, 6) is -0.227. The van der Waals surface area contributed by atoms with Crippen molar-refractivity contribution in [2.24, 2.45) is 5.73 Å². The molecule has 0 saturated carbocycles. The third kappa shape index (κ3) is 7.28. The quantitative estimate of drug-likeness (QED) is 0.604. The number of hydrogen-bond donors (Lipinski definition) is 2. The van der Waals surface area contributed by atoms with E-state index in [1.54, 1.807) is 19.1 Å². The first-order valence-corrected chi connectivity index (χ1v) is 9.67. The molecule has 1 atom stereocenters. The molecule has 0 aromatic heterocycles. The lowest BCUT2D eigenvalue weighted by atomic mass is 10.1. The van der Waals surface area contributed by atoms with E-state index in [1.807, 2.05) is 6.92 Å². The van der Waals surface area contributed by atoms with Gasteiger partial charge in [0.1, 0.15) is 0 Å². The van der Waals surface area contributed by atoms with Gasteiger partial charge in [0, 0.05) is 6.04 Å². The van der Waals surface area contributed by atoms with E-state index in [9.17, 15) is 12.8 Å². The number of halogens is 1. The highest BCUT2D eigenvalue weighted by Crippen LogP contribution is 2.23. The fraction of sp³-hybridized carbons (Fsp3) is 0.625. The second-order valence-corrected chi connectivity index (χ2v) is 7.42. The third-order valence-electron chi connectivity index (χ3n) is 3.39. The smallest absolute Gasteiger partial charge is 0.212 e. The first-order chi connectivity index (χ1) is 10.9. The lowest BCUT2D eigenvalue weighted by Gasteiger charge is -2.16. The van der Waals surface area contributed by atoms with Crippen molar-refractivity contribution in [2.45, 2.75) is 45.6 Å². The van der Waals surface area contributed by atoms with Gasteiger partial charge in [-0.3, -0.25) is 0 Å². The third-order valence-corrected chi connectivity index (χ3v) is 4.93. The van der Waals surface area contributed by atoms with E-state index >= 15 is 0 Å². The summed E-state index contributed by atoms with van der Waals surface area (Å²) in [5.41, 5.74) is 6.06. The van der Waals surface area contributed by atoms with Gasteiger partial charge in [-0.15, -0.1) is 0 Å². The van der Waals surface area contributed by atoms with Crippen LogP contribution in [0, 0.1) is 5.82 Å². The average molecular weight is 346 g/mol. The van der Waals surface area contributed by atoms with E-state index in [2.05, 4.69) is 4.72 Å². The Balaban J connectivity index is 2.67. The van der Waals surface area contributed by atoms with Gasteiger partial charge in [0.25, 0.3) is 0 Å². The zero-order valence-electron chi connectivity index (χ0n) is 13.8. The Kier molecular flexibility index (Phi) is 8.51. The van der Waals surface area contributed by atoms with Crippen LogP contribution < -0.4 is 15.2 Å². The topological polar surface area (TPSA) is 81.4 Å². The first kappa shape index (κ1) is 19.9. The minimum atomic E-state index is -3.37. The Morgan fingerprint density at radius 2 is 2.04 bits per heavy atom. The maximum Gasteiger partial charge on any atom is 0.212 e. The molecule has 0 radical (unpaired) electrons. The maximum absolute atomic E-state index is 13.7. The zero-order chi connectivity index (χ0) is 17.3. The van der Waals surface area contributed by atoms with Crippen LogP contribution in [0.25, 0.3) is 0 Å². The van der Waals surface area contributed by atoms with Crippen LogP contribution in [0.3, 0.4) is 0 Å². The Labute approximate surface area is 138 Å². The molecule has 7 heteroatoms. The van der Waals surface area contributed by atoms with Gasteiger partial charge >= 0.3 is 0 Å². The Bertz CT molecular complexity index is 579. The Hall–Kier alpha value is -1.18. The standard InChI is InChI=1S/C16H27FN2O3S/c1-3-10-22-16-12-14(7-8-15(16)17)13(2)19-23(20,21)11-6-4-5-9-18/h7-8,12-13,19H,3-6,9-11,18H2,1-2H3/t13-/m0/s1. The summed E-state index contributed by atoms with van der Waals surface area (Å²) >= 11 is 0. The zero-order valence-corrected chi connectivity index (χ0v) is 14.7. The average Bonchev–Trinajstić information content (AvgIpc) is 2.50. The van der Waals surface area contributed by atoms with Crippen LogP contribution >= 0.6 is 0 Å². The van der Waals surface area contributed by atoms with Crippen molar-refractivity contribution in [1.29, 1.82) is 0 Å². The molecule has 0 amide bonds. The molecule has 5 nitrogen and oxygen atoms in total. The highest BCUT2D eigenvalue weighted by atomic mass is 32.2. The van der Waals surface area contributed by atoms with Crippen LogP contribution in [0.15, 0.2) is 18.2 Å². The summed E-state index contributed by atoms with van der Waals surface area (Å²) in [5, 5.41) is 0.